The molecule has 4 rings (SSSR count). The summed E-state index contributed by atoms with van der Waals surface area (Å²) in [5.41, 5.74) is 2.60. The third-order valence-corrected chi connectivity index (χ3v) is 10.1. The van der Waals surface area contributed by atoms with Crippen LogP contribution < -0.4 is 5.32 Å². The second-order valence-electron chi connectivity index (χ2n) is 11.8. The van der Waals surface area contributed by atoms with Crippen molar-refractivity contribution in [3.05, 3.63) is 11.6 Å². The summed E-state index contributed by atoms with van der Waals surface area (Å²) in [7, 11) is 0. The minimum absolute atomic E-state index is 0.100. The molecule has 6 unspecified atom stereocenters. The Morgan fingerprint density at radius 2 is 1.94 bits per heavy atom. The molecular weight excluding hydrogens is 432 g/mol. The Morgan fingerprint density at radius 3 is 2.65 bits per heavy atom. The molecule has 8 atom stereocenters. The van der Waals surface area contributed by atoms with E-state index in [-0.39, 0.29) is 29.5 Å². The maximum Gasteiger partial charge on any atom is 0.326 e. The number of fused-ring (bicyclic) bond motifs is 5. The number of carboxylic acids is 1. The van der Waals surface area contributed by atoms with E-state index < -0.39 is 17.9 Å². The highest BCUT2D eigenvalue weighted by Crippen LogP contribution is 2.65. The van der Waals surface area contributed by atoms with Gasteiger partial charge in [0.15, 0.2) is 6.61 Å². The van der Waals surface area contributed by atoms with Crippen LogP contribution in [0.25, 0.3) is 0 Å². The molecule has 1 amide bonds. The van der Waals surface area contributed by atoms with E-state index in [1.807, 2.05) is 13.8 Å². The third kappa shape index (κ3) is 4.40. The van der Waals surface area contributed by atoms with Crippen molar-refractivity contribution < 1.29 is 24.6 Å². The molecular formula is C27H42N2O5. The van der Waals surface area contributed by atoms with E-state index in [1.54, 1.807) is 0 Å². The van der Waals surface area contributed by atoms with Crippen LogP contribution in [0.5, 0.6) is 0 Å². The molecule has 0 heterocycles. The van der Waals surface area contributed by atoms with Gasteiger partial charge in [0, 0.05) is 0 Å². The number of aliphatic hydroxyl groups is 1. The SMILES string of the molecule is CCC(C)C(NC(=O)CO/N=C1/C=C2CCC3C4CCC(O)[C@]4(C)CCC3[C@]2(C)CC1)C(=O)O. The van der Waals surface area contributed by atoms with Crippen molar-refractivity contribution in [2.24, 2.45) is 39.7 Å². The van der Waals surface area contributed by atoms with Crippen LogP contribution in [0, 0.1) is 34.5 Å². The summed E-state index contributed by atoms with van der Waals surface area (Å²) >= 11 is 0. The van der Waals surface area contributed by atoms with Crippen LogP contribution in [-0.4, -0.2) is 46.6 Å². The molecule has 0 spiro atoms. The van der Waals surface area contributed by atoms with E-state index in [1.165, 1.54) is 18.4 Å². The van der Waals surface area contributed by atoms with Crippen LogP contribution in [-0.2, 0) is 14.4 Å². The number of carbonyl (C=O) groups is 2. The van der Waals surface area contributed by atoms with Crippen LogP contribution in [0.2, 0.25) is 0 Å². The highest BCUT2D eigenvalue weighted by Gasteiger charge is 2.58. The van der Waals surface area contributed by atoms with Crippen LogP contribution in [0.15, 0.2) is 16.8 Å². The van der Waals surface area contributed by atoms with Gasteiger partial charge in [0.05, 0.1) is 11.8 Å². The minimum atomic E-state index is -1.03. The van der Waals surface area contributed by atoms with Crippen molar-refractivity contribution in [3.63, 3.8) is 0 Å². The van der Waals surface area contributed by atoms with Crippen molar-refractivity contribution in [1.82, 2.24) is 5.32 Å². The van der Waals surface area contributed by atoms with Gasteiger partial charge in [0.1, 0.15) is 6.04 Å². The Bertz CT molecular complexity index is 869. The quantitative estimate of drug-likeness (QED) is 0.477. The zero-order chi connectivity index (χ0) is 24.7. The summed E-state index contributed by atoms with van der Waals surface area (Å²) in [5, 5.41) is 26.8. The first-order chi connectivity index (χ1) is 16.1. The largest absolute Gasteiger partial charge is 0.480 e. The van der Waals surface area contributed by atoms with E-state index in [0.29, 0.717) is 24.2 Å². The van der Waals surface area contributed by atoms with Gasteiger partial charge in [-0.2, -0.15) is 0 Å². The number of carboxylic acid groups (broad SMARTS) is 1. The van der Waals surface area contributed by atoms with Crippen LogP contribution >= 0.6 is 0 Å². The van der Waals surface area contributed by atoms with Crippen LogP contribution in [0.4, 0.5) is 0 Å². The van der Waals surface area contributed by atoms with Crippen molar-refractivity contribution in [1.29, 1.82) is 0 Å². The van der Waals surface area contributed by atoms with Gasteiger partial charge in [-0.05, 0) is 91.9 Å². The zero-order valence-corrected chi connectivity index (χ0v) is 21.2. The molecule has 3 saturated carbocycles. The molecule has 3 N–H and O–H groups in total. The first kappa shape index (κ1) is 25.2. The monoisotopic (exact) mass is 474 g/mol. The number of allylic oxidation sites excluding steroid dienone is 2. The Balaban J connectivity index is 1.38. The van der Waals surface area contributed by atoms with E-state index in [2.05, 4.69) is 30.4 Å². The van der Waals surface area contributed by atoms with Gasteiger partial charge in [-0.15, -0.1) is 0 Å². The maximum atomic E-state index is 12.2. The number of nitrogens with one attached hydrogen (secondary N) is 1. The maximum absolute atomic E-state index is 12.2. The van der Waals surface area contributed by atoms with Gasteiger partial charge in [-0.1, -0.05) is 44.8 Å². The summed E-state index contributed by atoms with van der Waals surface area (Å²) in [6.07, 6.45) is 11.2. The second kappa shape index (κ2) is 9.63. The van der Waals surface area contributed by atoms with Crippen LogP contribution in [0.1, 0.15) is 85.5 Å². The molecule has 4 aliphatic rings. The number of aliphatic hydroxyl groups excluding tert-OH is 1. The normalized spacial score (nSPS) is 39.8. The summed E-state index contributed by atoms with van der Waals surface area (Å²) in [6.45, 7) is 8.17. The molecule has 0 bridgehead atoms. The lowest BCUT2D eigenvalue weighted by molar-refractivity contribution is -0.144. The van der Waals surface area contributed by atoms with Crippen molar-refractivity contribution >= 4 is 17.6 Å². The number of amides is 1. The molecule has 0 radical (unpaired) electrons. The van der Waals surface area contributed by atoms with Gasteiger partial charge in [0.25, 0.3) is 5.91 Å². The van der Waals surface area contributed by atoms with E-state index in [0.717, 1.165) is 44.2 Å². The predicted octanol–water partition coefficient (Wildman–Crippen LogP) is 4.30. The van der Waals surface area contributed by atoms with Gasteiger partial charge in [-0.25, -0.2) is 4.79 Å². The predicted molar refractivity (Wildman–Crippen MR) is 130 cm³/mol. The van der Waals surface area contributed by atoms with Crippen molar-refractivity contribution in [2.45, 2.75) is 97.6 Å². The molecule has 0 aromatic rings. The van der Waals surface area contributed by atoms with Crippen molar-refractivity contribution in [3.8, 4) is 0 Å². The standard InChI is InChI=1S/C27H42N2O5/c1-5-16(2)24(25(32)33)28-23(31)15-34-29-18-10-12-26(3)17(14-18)6-7-19-20-8-9-22(30)27(20,4)13-11-21(19)26/h14,16,19-22,24,30H,5-13,15H2,1-4H3,(H,28,31)(H,32,33)/b29-18+/t16?,19?,20?,21?,22?,24?,26-,27-/m1/s1. The molecule has 0 aromatic carbocycles. The van der Waals surface area contributed by atoms with Crippen molar-refractivity contribution in [2.75, 3.05) is 6.61 Å². The molecule has 4 aliphatic carbocycles. The lowest BCUT2D eigenvalue weighted by Crippen LogP contribution is -2.51. The average Bonchev–Trinajstić information content (AvgIpc) is 3.11. The molecule has 0 aliphatic heterocycles. The smallest absolute Gasteiger partial charge is 0.326 e. The fraction of sp³-hybridized carbons (Fsp3) is 0.815. The van der Waals surface area contributed by atoms with Gasteiger partial charge in [-0.3, -0.25) is 4.79 Å². The number of nitrogens with zero attached hydrogens (tertiary/aromatic N) is 1. The van der Waals surface area contributed by atoms with E-state index in [4.69, 9.17) is 4.84 Å². The molecule has 34 heavy (non-hydrogen) atoms. The summed E-state index contributed by atoms with van der Waals surface area (Å²) in [4.78, 5) is 28.9. The van der Waals surface area contributed by atoms with Gasteiger partial charge in [0.2, 0.25) is 0 Å². The highest BCUT2D eigenvalue weighted by molar-refractivity contribution is 5.96. The molecule has 190 valence electrons. The number of hydrogen-bond donors (Lipinski definition) is 3. The second-order valence-corrected chi connectivity index (χ2v) is 11.8. The molecule has 7 nitrogen and oxygen atoms in total. The third-order valence-electron chi connectivity index (χ3n) is 10.1. The fourth-order valence-electron chi connectivity index (χ4n) is 7.69. The molecule has 3 fully saturated rings. The molecule has 0 aromatic heterocycles. The zero-order valence-electron chi connectivity index (χ0n) is 21.2. The molecule has 0 saturated heterocycles. The number of aliphatic carboxylic acids is 1. The first-order valence-corrected chi connectivity index (χ1v) is 13.2. The minimum Gasteiger partial charge on any atom is -0.480 e. The summed E-state index contributed by atoms with van der Waals surface area (Å²) < 4.78 is 0. The number of hydrogen-bond acceptors (Lipinski definition) is 5. The topological polar surface area (TPSA) is 108 Å². The summed E-state index contributed by atoms with van der Waals surface area (Å²) in [5.74, 6) is 0.350. The van der Waals surface area contributed by atoms with E-state index in [9.17, 15) is 19.8 Å². The van der Waals surface area contributed by atoms with Crippen LogP contribution in [0.3, 0.4) is 0 Å². The lowest BCUT2D eigenvalue weighted by Gasteiger charge is -2.57. The fourth-order valence-corrected chi connectivity index (χ4v) is 7.69. The van der Waals surface area contributed by atoms with Gasteiger partial charge >= 0.3 is 5.97 Å². The van der Waals surface area contributed by atoms with Gasteiger partial charge < -0.3 is 20.4 Å². The lowest BCUT2D eigenvalue weighted by atomic mass is 9.47. The highest BCUT2D eigenvalue weighted by atomic mass is 16.6. The Hall–Kier alpha value is -1.89. The Kier molecular flexibility index (Phi) is 7.14. The number of rotatable bonds is 7. The number of oxime groups is 1. The Morgan fingerprint density at radius 1 is 1.18 bits per heavy atom. The molecule has 7 heteroatoms. The summed E-state index contributed by atoms with van der Waals surface area (Å²) in [6, 6.07) is -0.917. The average molecular weight is 475 g/mol. The first-order valence-electron chi connectivity index (χ1n) is 13.2. The van der Waals surface area contributed by atoms with E-state index >= 15 is 0 Å². The number of carbonyl (C=O) groups excluding carboxylic acids is 1. The Labute approximate surface area is 203 Å².